The number of aldehydes is 2. The van der Waals surface area contributed by atoms with E-state index in [0.29, 0.717) is 62.2 Å². The molecule has 0 saturated carbocycles. The Morgan fingerprint density at radius 1 is 1.12 bits per heavy atom. The number of hydrogen-bond acceptors (Lipinski definition) is 8. The Bertz CT molecular complexity index is 785. The van der Waals surface area contributed by atoms with Gasteiger partial charge >= 0.3 is 0 Å². The van der Waals surface area contributed by atoms with Crippen LogP contribution in [0.4, 0.5) is 5.69 Å². The molecule has 0 radical (unpaired) electrons. The van der Waals surface area contributed by atoms with Crippen molar-refractivity contribution in [3.05, 3.63) is 41.6 Å². The number of carbonyl (C=O) groups excluding carboxylic acids is 4. The van der Waals surface area contributed by atoms with Gasteiger partial charge in [-0.1, -0.05) is 18.2 Å². The van der Waals surface area contributed by atoms with Crippen LogP contribution in [-0.2, 0) is 25.7 Å². The lowest BCUT2D eigenvalue weighted by Crippen LogP contribution is -2.39. The van der Waals surface area contributed by atoms with Crippen LogP contribution in [-0.4, -0.2) is 69.3 Å². The average molecular weight is 462 g/mol. The number of anilines is 1. The molecule has 0 spiro atoms. The lowest BCUT2D eigenvalue weighted by Gasteiger charge is -2.21. The summed E-state index contributed by atoms with van der Waals surface area (Å²) in [5.74, 6) is -0.479. The number of nitrogens with zero attached hydrogens (tertiary/aromatic N) is 1. The van der Waals surface area contributed by atoms with Crippen molar-refractivity contribution < 1.29 is 23.9 Å². The lowest BCUT2D eigenvalue weighted by molar-refractivity contribution is -0.125. The van der Waals surface area contributed by atoms with Crippen molar-refractivity contribution in [2.24, 2.45) is 0 Å². The van der Waals surface area contributed by atoms with Crippen molar-refractivity contribution in [1.29, 1.82) is 0 Å². The number of amides is 2. The maximum absolute atomic E-state index is 12.3. The normalized spacial score (nSPS) is 10.9. The third-order valence-electron chi connectivity index (χ3n) is 4.43. The first-order valence-corrected chi connectivity index (χ1v) is 11.0. The number of ether oxygens (including phenoxy) is 1. The Kier molecular flexibility index (Phi) is 14.8. The van der Waals surface area contributed by atoms with Crippen LogP contribution in [0.2, 0.25) is 0 Å². The highest BCUT2D eigenvalue weighted by Gasteiger charge is 2.14. The first kappa shape index (κ1) is 28.0. The molecule has 0 aliphatic heterocycles. The summed E-state index contributed by atoms with van der Waals surface area (Å²) in [6, 6.07) is 5.04. The SMILES string of the molecule is C/C=C\NCCOCCNCC(=O)Nc1cccc(C=O)c1CN(C)NC(=O)CCCC=O. The molecule has 0 aliphatic carbocycles. The summed E-state index contributed by atoms with van der Waals surface area (Å²) in [5.41, 5.74) is 4.21. The third kappa shape index (κ3) is 12.5. The summed E-state index contributed by atoms with van der Waals surface area (Å²) >= 11 is 0. The molecule has 0 bridgehead atoms. The molecule has 0 unspecified atom stereocenters. The highest BCUT2D eigenvalue weighted by Crippen LogP contribution is 2.20. The minimum absolute atomic E-state index is 0.0915. The van der Waals surface area contributed by atoms with E-state index in [2.05, 4.69) is 21.4 Å². The Balaban J connectivity index is 2.51. The molecule has 10 heteroatoms. The van der Waals surface area contributed by atoms with E-state index < -0.39 is 0 Å². The van der Waals surface area contributed by atoms with Crippen LogP contribution in [0.25, 0.3) is 0 Å². The molecular formula is C23H35N5O5. The van der Waals surface area contributed by atoms with Crippen molar-refractivity contribution in [3.8, 4) is 0 Å². The van der Waals surface area contributed by atoms with Gasteiger partial charge in [0.25, 0.3) is 0 Å². The molecule has 0 aromatic heterocycles. The van der Waals surface area contributed by atoms with Crippen LogP contribution in [0.1, 0.15) is 42.1 Å². The van der Waals surface area contributed by atoms with Gasteiger partial charge in [0.15, 0.2) is 0 Å². The van der Waals surface area contributed by atoms with Crippen LogP contribution < -0.4 is 21.4 Å². The Morgan fingerprint density at radius 3 is 2.64 bits per heavy atom. The minimum Gasteiger partial charge on any atom is -0.389 e. The standard InChI is InChI=1S/C23H35N5O5/c1-3-10-24-11-14-33-15-12-25-16-23(32)26-21-8-6-7-19(18-30)20(21)17-28(2)27-22(31)9-4-5-13-29/h3,6-8,10,13,18,24-25H,4-5,9,11-12,14-17H2,1-2H3,(H,26,32)(H,27,31)/b10-3-. The van der Waals surface area contributed by atoms with Gasteiger partial charge in [0, 0.05) is 56.3 Å². The predicted octanol–water partition coefficient (Wildman–Crippen LogP) is 0.999. The molecule has 182 valence electrons. The maximum Gasteiger partial charge on any atom is 0.238 e. The molecule has 0 aliphatic rings. The van der Waals surface area contributed by atoms with Crippen molar-refractivity contribution in [1.82, 2.24) is 21.1 Å². The van der Waals surface area contributed by atoms with E-state index in [-0.39, 0.29) is 31.3 Å². The largest absolute Gasteiger partial charge is 0.389 e. The van der Waals surface area contributed by atoms with Crippen LogP contribution in [0.3, 0.4) is 0 Å². The number of hydrogen-bond donors (Lipinski definition) is 4. The molecule has 1 aromatic carbocycles. The van der Waals surface area contributed by atoms with E-state index in [1.165, 1.54) is 0 Å². The van der Waals surface area contributed by atoms with Crippen LogP contribution in [0.15, 0.2) is 30.5 Å². The number of rotatable bonds is 18. The van der Waals surface area contributed by atoms with E-state index in [9.17, 15) is 19.2 Å². The van der Waals surface area contributed by atoms with Gasteiger partial charge in [-0.25, -0.2) is 5.01 Å². The maximum atomic E-state index is 12.3. The molecule has 10 nitrogen and oxygen atoms in total. The van der Waals surface area contributed by atoms with Crippen molar-refractivity contribution in [3.63, 3.8) is 0 Å². The van der Waals surface area contributed by atoms with Crippen molar-refractivity contribution in [2.45, 2.75) is 32.7 Å². The summed E-state index contributed by atoms with van der Waals surface area (Å²) in [5, 5.41) is 10.4. The van der Waals surface area contributed by atoms with Gasteiger partial charge in [-0.2, -0.15) is 0 Å². The zero-order valence-electron chi connectivity index (χ0n) is 19.4. The number of nitrogens with one attached hydrogen (secondary N) is 4. The molecule has 1 rings (SSSR count). The fraction of sp³-hybridized carbons (Fsp3) is 0.478. The quantitative estimate of drug-likeness (QED) is 0.145. The summed E-state index contributed by atoms with van der Waals surface area (Å²) in [4.78, 5) is 46.2. The van der Waals surface area contributed by atoms with Gasteiger partial charge in [-0.05, 0) is 25.6 Å². The highest BCUT2D eigenvalue weighted by molar-refractivity contribution is 5.94. The van der Waals surface area contributed by atoms with Crippen LogP contribution in [0, 0.1) is 0 Å². The second-order valence-electron chi connectivity index (χ2n) is 7.23. The molecule has 4 N–H and O–H groups in total. The predicted molar refractivity (Wildman–Crippen MR) is 126 cm³/mol. The monoisotopic (exact) mass is 461 g/mol. The molecule has 0 fully saturated rings. The third-order valence-corrected chi connectivity index (χ3v) is 4.43. The molecule has 2 amide bonds. The Morgan fingerprint density at radius 2 is 1.91 bits per heavy atom. The average Bonchev–Trinajstić information content (AvgIpc) is 2.79. The lowest BCUT2D eigenvalue weighted by atomic mass is 10.1. The number of unbranched alkanes of at least 4 members (excludes halogenated alkanes) is 1. The second-order valence-corrected chi connectivity index (χ2v) is 7.23. The van der Waals surface area contributed by atoms with Gasteiger partial charge < -0.3 is 25.5 Å². The molecule has 0 saturated heterocycles. The van der Waals surface area contributed by atoms with E-state index in [1.54, 1.807) is 30.3 Å². The zero-order chi connectivity index (χ0) is 24.3. The first-order valence-electron chi connectivity index (χ1n) is 11.0. The first-order chi connectivity index (χ1) is 16.0. The molecule has 33 heavy (non-hydrogen) atoms. The van der Waals surface area contributed by atoms with Gasteiger partial charge in [-0.3, -0.25) is 19.8 Å². The van der Waals surface area contributed by atoms with Gasteiger partial charge in [0.1, 0.15) is 12.6 Å². The van der Waals surface area contributed by atoms with Gasteiger partial charge in [-0.15, -0.1) is 0 Å². The summed E-state index contributed by atoms with van der Waals surface area (Å²) in [7, 11) is 1.67. The number of carbonyl (C=O) groups is 4. The van der Waals surface area contributed by atoms with E-state index >= 15 is 0 Å². The summed E-state index contributed by atoms with van der Waals surface area (Å²) < 4.78 is 5.45. The number of allylic oxidation sites excluding steroid dienone is 1. The highest BCUT2D eigenvalue weighted by atomic mass is 16.5. The van der Waals surface area contributed by atoms with Gasteiger partial charge in [0.2, 0.25) is 11.8 Å². The fourth-order valence-corrected chi connectivity index (χ4v) is 2.88. The Labute approximate surface area is 195 Å². The summed E-state index contributed by atoms with van der Waals surface area (Å²) in [6.07, 6.45) is 6.27. The molecular weight excluding hydrogens is 426 g/mol. The minimum atomic E-state index is -0.255. The summed E-state index contributed by atoms with van der Waals surface area (Å²) in [6.45, 7) is 4.53. The fourth-order valence-electron chi connectivity index (χ4n) is 2.88. The van der Waals surface area contributed by atoms with E-state index in [4.69, 9.17) is 4.74 Å². The van der Waals surface area contributed by atoms with Crippen LogP contribution >= 0.6 is 0 Å². The van der Waals surface area contributed by atoms with Crippen LogP contribution in [0.5, 0.6) is 0 Å². The number of benzene rings is 1. The van der Waals surface area contributed by atoms with Gasteiger partial charge in [0.05, 0.1) is 19.8 Å². The van der Waals surface area contributed by atoms with Crippen molar-refractivity contribution >= 4 is 30.1 Å². The van der Waals surface area contributed by atoms with Crippen molar-refractivity contribution in [2.75, 3.05) is 45.2 Å². The topological polar surface area (TPSA) is 129 Å². The molecule has 0 heterocycles. The smallest absolute Gasteiger partial charge is 0.238 e. The van der Waals surface area contributed by atoms with E-state index in [1.807, 2.05) is 19.2 Å². The number of hydrazine groups is 1. The molecule has 0 atom stereocenters. The van der Waals surface area contributed by atoms with E-state index in [0.717, 1.165) is 6.29 Å². The molecule has 1 aromatic rings. The Hall–Kier alpha value is -3.08. The second kappa shape index (κ2) is 17.5. The zero-order valence-corrected chi connectivity index (χ0v) is 19.4.